The van der Waals surface area contributed by atoms with Gasteiger partial charge in [0.2, 0.25) is 0 Å². The molecular formula is C14H26O4. The fraction of sp³-hybridized carbons (Fsp3) is 0.857. The van der Waals surface area contributed by atoms with E-state index in [-0.39, 0.29) is 24.1 Å². The molecule has 0 aliphatic heterocycles. The van der Waals surface area contributed by atoms with Crippen molar-refractivity contribution in [3.05, 3.63) is 0 Å². The van der Waals surface area contributed by atoms with Crippen LogP contribution in [0.3, 0.4) is 0 Å². The molecule has 0 saturated heterocycles. The van der Waals surface area contributed by atoms with Crippen LogP contribution in [0, 0.1) is 5.92 Å². The summed E-state index contributed by atoms with van der Waals surface area (Å²) in [4.78, 5) is 23.1. The first-order chi connectivity index (χ1) is 7.92. The van der Waals surface area contributed by atoms with Gasteiger partial charge < -0.3 is 9.84 Å². The standard InChI is InChI=1S/C14H26O4/c1-10(7-8-11(15)14(5,6)17)9-12(16)18-13(2,3)4/h10,17H,7-9H2,1-6H3. The molecule has 1 atom stereocenters. The van der Waals surface area contributed by atoms with Gasteiger partial charge in [-0.2, -0.15) is 0 Å². The number of esters is 1. The van der Waals surface area contributed by atoms with Gasteiger partial charge in [0.05, 0.1) is 0 Å². The minimum absolute atomic E-state index is 0.0751. The summed E-state index contributed by atoms with van der Waals surface area (Å²) >= 11 is 0. The number of ether oxygens (including phenoxy) is 1. The summed E-state index contributed by atoms with van der Waals surface area (Å²) in [6, 6.07) is 0. The highest BCUT2D eigenvalue weighted by Crippen LogP contribution is 2.17. The Hall–Kier alpha value is -0.900. The van der Waals surface area contributed by atoms with Crippen LogP contribution in [0.4, 0.5) is 0 Å². The van der Waals surface area contributed by atoms with Crippen molar-refractivity contribution in [2.24, 2.45) is 5.92 Å². The molecule has 0 aromatic rings. The van der Waals surface area contributed by atoms with Gasteiger partial charge in [-0.1, -0.05) is 6.92 Å². The molecule has 0 rings (SSSR count). The Bertz CT molecular complexity index is 294. The number of hydrogen-bond acceptors (Lipinski definition) is 4. The minimum Gasteiger partial charge on any atom is -0.460 e. The highest BCUT2D eigenvalue weighted by atomic mass is 16.6. The van der Waals surface area contributed by atoms with E-state index in [1.807, 2.05) is 27.7 Å². The largest absolute Gasteiger partial charge is 0.460 e. The smallest absolute Gasteiger partial charge is 0.306 e. The molecule has 0 spiro atoms. The number of rotatable bonds is 6. The second kappa shape index (κ2) is 6.32. The molecule has 0 heterocycles. The third-order valence-electron chi connectivity index (χ3n) is 2.48. The van der Waals surface area contributed by atoms with Gasteiger partial charge in [0.1, 0.15) is 11.2 Å². The van der Waals surface area contributed by atoms with Crippen molar-refractivity contribution < 1.29 is 19.4 Å². The van der Waals surface area contributed by atoms with Crippen LogP contribution in [0.25, 0.3) is 0 Å². The van der Waals surface area contributed by atoms with E-state index in [2.05, 4.69) is 0 Å². The van der Waals surface area contributed by atoms with Crippen LogP contribution in [0.2, 0.25) is 0 Å². The maximum absolute atomic E-state index is 11.6. The molecule has 1 N–H and O–H groups in total. The highest BCUT2D eigenvalue weighted by Gasteiger charge is 2.24. The van der Waals surface area contributed by atoms with Gasteiger partial charge in [-0.3, -0.25) is 9.59 Å². The van der Waals surface area contributed by atoms with E-state index in [1.54, 1.807) is 0 Å². The first-order valence-corrected chi connectivity index (χ1v) is 6.39. The Kier molecular flexibility index (Phi) is 6.00. The minimum atomic E-state index is -1.29. The molecule has 0 saturated carbocycles. The van der Waals surface area contributed by atoms with Crippen LogP contribution in [0.5, 0.6) is 0 Å². The van der Waals surface area contributed by atoms with Crippen molar-refractivity contribution >= 4 is 11.8 Å². The van der Waals surface area contributed by atoms with Crippen LogP contribution < -0.4 is 0 Å². The molecule has 0 bridgehead atoms. The third kappa shape index (κ3) is 8.23. The molecule has 0 aromatic heterocycles. The van der Waals surface area contributed by atoms with E-state index < -0.39 is 11.2 Å². The lowest BCUT2D eigenvalue weighted by Gasteiger charge is -2.21. The topological polar surface area (TPSA) is 63.6 Å². The van der Waals surface area contributed by atoms with E-state index >= 15 is 0 Å². The molecule has 0 radical (unpaired) electrons. The molecule has 1 unspecified atom stereocenters. The summed E-state index contributed by atoms with van der Waals surface area (Å²) in [6.07, 6.45) is 1.17. The predicted octanol–water partition coefficient (Wildman–Crippen LogP) is 2.47. The number of carbonyl (C=O) groups excluding carboxylic acids is 2. The van der Waals surface area contributed by atoms with Crippen LogP contribution in [-0.4, -0.2) is 28.1 Å². The lowest BCUT2D eigenvalue weighted by molar-refractivity contribution is -0.156. The Morgan fingerprint density at radius 1 is 1.17 bits per heavy atom. The van der Waals surface area contributed by atoms with Crippen LogP contribution in [0.15, 0.2) is 0 Å². The average Bonchev–Trinajstić information content (AvgIpc) is 2.08. The maximum atomic E-state index is 11.6. The van der Waals surface area contributed by atoms with Gasteiger partial charge in [-0.25, -0.2) is 0 Å². The number of hydrogen-bond donors (Lipinski definition) is 1. The lowest BCUT2D eigenvalue weighted by Crippen LogP contribution is -2.31. The molecule has 0 fully saturated rings. The van der Waals surface area contributed by atoms with Gasteiger partial charge in [0.15, 0.2) is 5.78 Å². The zero-order chi connectivity index (χ0) is 14.6. The summed E-state index contributed by atoms with van der Waals surface area (Å²) in [5, 5.41) is 9.49. The van der Waals surface area contributed by atoms with Crippen LogP contribution in [-0.2, 0) is 14.3 Å². The maximum Gasteiger partial charge on any atom is 0.306 e. The molecule has 0 amide bonds. The fourth-order valence-electron chi connectivity index (χ4n) is 1.45. The zero-order valence-electron chi connectivity index (χ0n) is 12.4. The van der Waals surface area contributed by atoms with Gasteiger partial charge in [0, 0.05) is 12.8 Å². The van der Waals surface area contributed by atoms with E-state index in [4.69, 9.17) is 4.74 Å². The summed E-state index contributed by atoms with van der Waals surface area (Å²) < 4.78 is 5.21. The predicted molar refractivity (Wildman–Crippen MR) is 70.2 cm³/mol. The second-order valence-corrected chi connectivity index (χ2v) is 6.42. The van der Waals surface area contributed by atoms with Crippen molar-refractivity contribution in [3.8, 4) is 0 Å². The summed E-state index contributed by atoms with van der Waals surface area (Å²) in [5.41, 5.74) is -1.76. The highest BCUT2D eigenvalue weighted by molar-refractivity contribution is 5.86. The molecule has 0 aliphatic rings. The molecule has 106 valence electrons. The second-order valence-electron chi connectivity index (χ2n) is 6.42. The van der Waals surface area contributed by atoms with Crippen molar-refractivity contribution in [3.63, 3.8) is 0 Å². The number of Topliss-reactive ketones (excluding diaryl/α,β-unsaturated/α-hetero) is 1. The van der Waals surface area contributed by atoms with Gasteiger partial charge >= 0.3 is 5.97 Å². The summed E-state index contributed by atoms with van der Waals surface area (Å²) in [7, 11) is 0. The quantitative estimate of drug-likeness (QED) is 0.743. The number of aliphatic hydroxyl groups is 1. The molecule has 18 heavy (non-hydrogen) atoms. The molecular weight excluding hydrogens is 232 g/mol. The molecule has 0 aliphatic carbocycles. The Balaban J connectivity index is 4.03. The fourth-order valence-corrected chi connectivity index (χ4v) is 1.45. The van der Waals surface area contributed by atoms with Crippen molar-refractivity contribution in [2.75, 3.05) is 0 Å². The summed E-state index contributed by atoms with van der Waals surface area (Å²) in [6.45, 7) is 10.3. The van der Waals surface area contributed by atoms with Crippen molar-refractivity contribution in [1.82, 2.24) is 0 Å². The average molecular weight is 258 g/mol. The first kappa shape index (κ1) is 17.1. The van der Waals surface area contributed by atoms with Crippen molar-refractivity contribution in [1.29, 1.82) is 0 Å². The van der Waals surface area contributed by atoms with Gasteiger partial charge in [0.25, 0.3) is 0 Å². The lowest BCUT2D eigenvalue weighted by atomic mass is 9.94. The van der Waals surface area contributed by atoms with Gasteiger partial charge in [-0.05, 0) is 47.0 Å². The van der Waals surface area contributed by atoms with Crippen LogP contribution in [0.1, 0.15) is 60.8 Å². The monoisotopic (exact) mass is 258 g/mol. The molecule has 0 aromatic carbocycles. The number of carbonyl (C=O) groups is 2. The normalized spacial score (nSPS) is 14.2. The zero-order valence-corrected chi connectivity index (χ0v) is 12.4. The molecule has 4 heteroatoms. The van der Waals surface area contributed by atoms with E-state index in [1.165, 1.54) is 13.8 Å². The third-order valence-corrected chi connectivity index (χ3v) is 2.48. The Labute approximate surface area is 110 Å². The van der Waals surface area contributed by atoms with E-state index in [9.17, 15) is 14.7 Å². The Morgan fingerprint density at radius 3 is 2.06 bits per heavy atom. The van der Waals surface area contributed by atoms with Crippen molar-refractivity contribution in [2.45, 2.75) is 72.0 Å². The SMILES string of the molecule is CC(CCC(=O)C(C)(C)O)CC(=O)OC(C)(C)C. The van der Waals surface area contributed by atoms with Crippen LogP contribution >= 0.6 is 0 Å². The Morgan fingerprint density at radius 2 is 1.67 bits per heavy atom. The summed E-state index contributed by atoms with van der Waals surface area (Å²) in [5.74, 6) is -0.365. The van der Waals surface area contributed by atoms with Gasteiger partial charge in [-0.15, -0.1) is 0 Å². The first-order valence-electron chi connectivity index (χ1n) is 6.39. The number of ketones is 1. The van der Waals surface area contributed by atoms with E-state index in [0.717, 1.165) is 0 Å². The van der Waals surface area contributed by atoms with E-state index in [0.29, 0.717) is 12.8 Å². The molecule has 4 nitrogen and oxygen atoms in total.